The summed E-state index contributed by atoms with van der Waals surface area (Å²) < 4.78 is 11.9. The molecule has 0 bridgehead atoms. The van der Waals surface area contributed by atoms with Crippen LogP contribution in [0.3, 0.4) is 0 Å². The topological polar surface area (TPSA) is 101 Å². The largest absolute Gasteiger partial charge is 0.489 e. The lowest BCUT2D eigenvalue weighted by Gasteiger charge is -2.29. The standard InChI is InChI=1S/C31H32N4O5/c36-29-6-5-28(30(37)33-29)35-15-23-13-25(3-4-27(23)31(35)38)40-26-7-9-34(17-26)16-24-12-20-2-1-19(11-22(20)14-32-24)21-8-10-39-18-21/h1-4,11-14,21,26,28H,5-10,15-18H2,(H,33,36,37)/t21-,26-,28?/m0/s1. The van der Waals surface area contributed by atoms with Gasteiger partial charge in [-0.2, -0.15) is 0 Å². The van der Waals surface area contributed by atoms with Gasteiger partial charge < -0.3 is 14.4 Å². The zero-order valence-electron chi connectivity index (χ0n) is 22.3. The van der Waals surface area contributed by atoms with Gasteiger partial charge in [-0.25, -0.2) is 0 Å². The second kappa shape index (κ2) is 10.3. The first-order valence-electron chi connectivity index (χ1n) is 14.1. The molecule has 0 aliphatic carbocycles. The molecule has 9 heteroatoms. The number of benzene rings is 2. The maximum atomic E-state index is 13.0. The number of rotatable bonds is 6. The van der Waals surface area contributed by atoms with Crippen LogP contribution in [0.2, 0.25) is 0 Å². The molecule has 3 amide bonds. The molecule has 206 valence electrons. The molecule has 0 spiro atoms. The predicted molar refractivity (Wildman–Crippen MR) is 147 cm³/mol. The average molecular weight is 541 g/mol. The fraction of sp³-hybridized carbons (Fsp3) is 0.419. The maximum absolute atomic E-state index is 13.0. The Bertz CT molecular complexity index is 1500. The van der Waals surface area contributed by atoms with Gasteiger partial charge in [0.2, 0.25) is 11.8 Å². The molecule has 1 aromatic heterocycles. The molecule has 0 saturated carbocycles. The minimum atomic E-state index is -0.613. The molecular weight excluding hydrogens is 508 g/mol. The van der Waals surface area contributed by atoms with Crippen LogP contribution in [0.5, 0.6) is 5.75 Å². The minimum Gasteiger partial charge on any atom is -0.489 e. The van der Waals surface area contributed by atoms with Gasteiger partial charge in [-0.05, 0) is 66.1 Å². The van der Waals surface area contributed by atoms with E-state index in [1.807, 2.05) is 18.3 Å². The number of fused-ring (bicyclic) bond motifs is 2. The van der Waals surface area contributed by atoms with Gasteiger partial charge in [0.25, 0.3) is 5.91 Å². The summed E-state index contributed by atoms with van der Waals surface area (Å²) in [6.45, 7) is 4.50. The van der Waals surface area contributed by atoms with E-state index >= 15 is 0 Å². The van der Waals surface area contributed by atoms with Crippen molar-refractivity contribution in [2.45, 2.75) is 56.8 Å². The van der Waals surface area contributed by atoms with Crippen molar-refractivity contribution in [3.8, 4) is 5.75 Å². The Hall–Kier alpha value is -3.82. The first-order chi connectivity index (χ1) is 19.5. The summed E-state index contributed by atoms with van der Waals surface area (Å²) in [5, 5.41) is 4.72. The van der Waals surface area contributed by atoms with Gasteiger partial charge in [-0.1, -0.05) is 12.1 Å². The molecule has 1 N–H and O–H groups in total. The molecule has 3 fully saturated rings. The Morgan fingerprint density at radius 1 is 1.02 bits per heavy atom. The van der Waals surface area contributed by atoms with Crippen molar-refractivity contribution in [3.05, 3.63) is 71.0 Å². The number of imide groups is 1. The number of nitrogens with zero attached hydrogens (tertiary/aromatic N) is 3. The van der Waals surface area contributed by atoms with Crippen molar-refractivity contribution >= 4 is 28.5 Å². The quantitative estimate of drug-likeness (QED) is 0.480. The number of piperidine rings is 1. The predicted octanol–water partition coefficient (Wildman–Crippen LogP) is 3.15. The van der Waals surface area contributed by atoms with Gasteiger partial charge in [-0.15, -0.1) is 0 Å². The van der Waals surface area contributed by atoms with E-state index in [0.29, 0.717) is 24.4 Å². The fourth-order valence-corrected chi connectivity index (χ4v) is 6.43. The lowest BCUT2D eigenvalue weighted by Crippen LogP contribution is -2.52. The number of likely N-dealkylation sites (tertiary alicyclic amines) is 1. The zero-order chi connectivity index (χ0) is 27.2. The number of ether oxygens (including phenoxy) is 2. The highest BCUT2D eigenvalue weighted by atomic mass is 16.5. The summed E-state index contributed by atoms with van der Waals surface area (Å²) in [5.41, 5.74) is 3.83. The highest BCUT2D eigenvalue weighted by Crippen LogP contribution is 2.32. The lowest BCUT2D eigenvalue weighted by atomic mass is 9.96. The third kappa shape index (κ3) is 4.84. The van der Waals surface area contributed by atoms with Crippen molar-refractivity contribution in [1.82, 2.24) is 20.1 Å². The molecule has 9 nitrogen and oxygen atoms in total. The van der Waals surface area contributed by atoms with Crippen LogP contribution in [-0.4, -0.2) is 71.0 Å². The van der Waals surface area contributed by atoms with Gasteiger partial charge in [0.05, 0.1) is 12.3 Å². The molecule has 5 heterocycles. The molecule has 0 radical (unpaired) electrons. The minimum absolute atomic E-state index is 0.0537. The van der Waals surface area contributed by atoms with E-state index in [0.717, 1.165) is 62.7 Å². The van der Waals surface area contributed by atoms with Gasteiger partial charge in [0.1, 0.15) is 17.9 Å². The highest BCUT2D eigenvalue weighted by Gasteiger charge is 2.39. The van der Waals surface area contributed by atoms with E-state index in [4.69, 9.17) is 14.5 Å². The van der Waals surface area contributed by atoms with Crippen LogP contribution >= 0.6 is 0 Å². The Labute approximate surface area is 232 Å². The molecule has 1 unspecified atom stereocenters. The van der Waals surface area contributed by atoms with E-state index in [1.54, 1.807) is 11.0 Å². The number of pyridine rings is 1. The number of carbonyl (C=O) groups is 3. The van der Waals surface area contributed by atoms with Crippen LogP contribution in [0.4, 0.5) is 0 Å². The maximum Gasteiger partial charge on any atom is 0.255 e. The Morgan fingerprint density at radius 3 is 2.80 bits per heavy atom. The number of nitrogens with one attached hydrogen (secondary N) is 1. The lowest BCUT2D eigenvalue weighted by molar-refractivity contribution is -0.136. The van der Waals surface area contributed by atoms with E-state index < -0.39 is 11.9 Å². The first-order valence-corrected chi connectivity index (χ1v) is 14.1. The summed E-state index contributed by atoms with van der Waals surface area (Å²) in [6.07, 6.45) is 4.64. The number of hydrogen-bond acceptors (Lipinski definition) is 7. The second-order valence-electron chi connectivity index (χ2n) is 11.3. The fourth-order valence-electron chi connectivity index (χ4n) is 6.43. The normalized spacial score (nSPS) is 25.1. The van der Waals surface area contributed by atoms with Crippen molar-refractivity contribution in [2.24, 2.45) is 0 Å². The molecular formula is C31H32N4O5. The summed E-state index contributed by atoms with van der Waals surface area (Å²) in [7, 11) is 0. The van der Waals surface area contributed by atoms with E-state index in [1.165, 1.54) is 16.3 Å². The third-order valence-corrected chi connectivity index (χ3v) is 8.62. The van der Waals surface area contributed by atoms with Crippen LogP contribution in [0, 0.1) is 0 Å². The van der Waals surface area contributed by atoms with E-state index in [9.17, 15) is 14.4 Å². The number of aromatic nitrogens is 1. The number of carbonyl (C=O) groups excluding carboxylic acids is 3. The Kier molecular flexibility index (Phi) is 6.48. The van der Waals surface area contributed by atoms with Crippen LogP contribution in [0.25, 0.3) is 10.8 Å². The summed E-state index contributed by atoms with van der Waals surface area (Å²) in [4.78, 5) is 45.5. The van der Waals surface area contributed by atoms with E-state index in [2.05, 4.69) is 34.5 Å². The molecule has 3 aromatic rings. The molecule has 2 aromatic carbocycles. The smallest absolute Gasteiger partial charge is 0.255 e. The zero-order valence-corrected chi connectivity index (χ0v) is 22.3. The molecule has 40 heavy (non-hydrogen) atoms. The highest BCUT2D eigenvalue weighted by molar-refractivity contribution is 6.05. The number of hydrogen-bond donors (Lipinski definition) is 1. The second-order valence-corrected chi connectivity index (χ2v) is 11.3. The van der Waals surface area contributed by atoms with Crippen LogP contribution in [0.15, 0.2) is 48.7 Å². The Morgan fingerprint density at radius 2 is 1.95 bits per heavy atom. The van der Waals surface area contributed by atoms with Crippen LogP contribution in [-0.2, 0) is 27.4 Å². The van der Waals surface area contributed by atoms with Crippen molar-refractivity contribution in [1.29, 1.82) is 0 Å². The molecule has 3 saturated heterocycles. The molecule has 4 aliphatic heterocycles. The third-order valence-electron chi connectivity index (χ3n) is 8.62. The van der Waals surface area contributed by atoms with Crippen molar-refractivity contribution in [2.75, 3.05) is 26.3 Å². The summed E-state index contributed by atoms with van der Waals surface area (Å²) >= 11 is 0. The van der Waals surface area contributed by atoms with Gasteiger partial charge >= 0.3 is 0 Å². The van der Waals surface area contributed by atoms with Gasteiger partial charge in [-0.3, -0.25) is 29.6 Å². The number of amides is 3. The average Bonchev–Trinajstić information content (AvgIpc) is 3.70. The molecule has 7 rings (SSSR count). The van der Waals surface area contributed by atoms with Gasteiger partial charge in [0, 0.05) is 62.3 Å². The summed E-state index contributed by atoms with van der Waals surface area (Å²) in [6, 6.07) is 13.8. The van der Waals surface area contributed by atoms with Crippen molar-refractivity contribution < 1.29 is 23.9 Å². The van der Waals surface area contributed by atoms with Crippen LogP contribution < -0.4 is 10.1 Å². The Balaban J connectivity index is 0.965. The SMILES string of the molecule is O=C1CCC(N2Cc3cc(O[C@H]4CCN(Cc5cc6ccc([C@H]7CCOC7)cc6cn5)C4)ccc3C2=O)C(=O)N1. The monoisotopic (exact) mass is 540 g/mol. The molecule has 3 atom stereocenters. The first kappa shape index (κ1) is 25.2. The van der Waals surface area contributed by atoms with Crippen molar-refractivity contribution in [3.63, 3.8) is 0 Å². The summed E-state index contributed by atoms with van der Waals surface area (Å²) in [5.74, 6) is 0.364. The van der Waals surface area contributed by atoms with Gasteiger partial charge in [0.15, 0.2) is 0 Å². The van der Waals surface area contributed by atoms with E-state index in [-0.39, 0.29) is 24.3 Å². The molecule has 4 aliphatic rings. The van der Waals surface area contributed by atoms with Crippen LogP contribution in [0.1, 0.15) is 58.8 Å².